The average molecular weight is 220 g/mol. The molecule has 1 N–H and O–H groups in total. The molecule has 0 atom stereocenters. The summed E-state index contributed by atoms with van der Waals surface area (Å²) >= 11 is 0. The Bertz CT molecular complexity index is 361. The highest BCUT2D eigenvalue weighted by Crippen LogP contribution is 2.32. The van der Waals surface area contributed by atoms with E-state index in [-0.39, 0.29) is 0 Å². The van der Waals surface area contributed by atoms with Crippen LogP contribution in [0.15, 0.2) is 0 Å². The van der Waals surface area contributed by atoms with Gasteiger partial charge in [0.2, 0.25) is 0 Å². The minimum absolute atomic E-state index is 0.626. The van der Waals surface area contributed by atoms with Crippen molar-refractivity contribution in [3.05, 3.63) is 11.6 Å². The molecular formula is C12H20N4. The predicted octanol–water partition coefficient (Wildman–Crippen LogP) is 1.72. The molecule has 3 rings (SSSR count). The van der Waals surface area contributed by atoms with Gasteiger partial charge in [-0.1, -0.05) is 12.8 Å². The predicted molar refractivity (Wildman–Crippen MR) is 62.1 cm³/mol. The fraction of sp³-hybridized carbons (Fsp3) is 0.833. The third kappa shape index (κ3) is 2.12. The van der Waals surface area contributed by atoms with E-state index in [0.29, 0.717) is 5.92 Å². The van der Waals surface area contributed by atoms with Gasteiger partial charge in [0, 0.05) is 19.0 Å². The van der Waals surface area contributed by atoms with Crippen molar-refractivity contribution in [1.82, 2.24) is 20.1 Å². The molecule has 1 heterocycles. The van der Waals surface area contributed by atoms with Crippen molar-refractivity contribution in [3.8, 4) is 0 Å². The van der Waals surface area contributed by atoms with Crippen molar-refractivity contribution in [2.75, 3.05) is 0 Å². The molecule has 4 heteroatoms. The lowest BCUT2D eigenvalue weighted by Gasteiger charge is -2.01. The van der Waals surface area contributed by atoms with E-state index in [9.17, 15) is 0 Å². The van der Waals surface area contributed by atoms with Gasteiger partial charge < -0.3 is 5.32 Å². The maximum atomic E-state index is 4.68. The maximum absolute atomic E-state index is 4.68. The molecule has 2 aliphatic carbocycles. The molecule has 0 unspecified atom stereocenters. The summed E-state index contributed by atoms with van der Waals surface area (Å²) < 4.78 is 1.95. The van der Waals surface area contributed by atoms with Crippen molar-refractivity contribution in [2.24, 2.45) is 7.05 Å². The fourth-order valence-corrected chi connectivity index (χ4v) is 2.47. The molecule has 16 heavy (non-hydrogen) atoms. The minimum Gasteiger partial charge on any atom is -0.307 e. The molecule has 0 saturated heterocycles. The Balaban J connectivity index is 1.67. The highest BCUT2D eigenvalue weighted by Gasteiger charge is 2.24. The Hall–Kier alpha value is -0.900. The van der Waals surface area contributed by atoms with Crippen LogP contribution in [0.5, 0.6) is 0 Å². The number of aromatic nitrogens is 3. The molecule has 0 bridgehead atoms. The van der Waals surface area contributed by atoms with E-state index < -0.39 is 0 Å². The smallest absolute Gasteiger partial charge is 0.154 e. The average Bonchev–Trinajstić information content (AvgIpc) is 2.80. The second-order valence-corrected chi connectivity index (χ2v) is 5.15. The van der Waals surface area contributed by atoms with Gasteiger partial charge in [-0.15, -0.1) is 0 Å². The number of aryl methyl sites for hydroxylation is 1. The molecular weight excluding hydrogens is 200 g/mol. The molecule has 2 aliphatic rings. The molecule has 1 aromatic heterocycles. The van der Waals surface area contributed by atoms with Gasteiger partial charge in [-0.2, -0.15) is 5.10 Å². The monoisotopic (exact) mass is 220 g/mol. The summed E-state index contributed by atoms with van der Waals surface area (Å²) in [5.74, 6) is 2.79. The summed E-state index contributed by atoms with van der Waals surface area (Å²) in [5, 5.41) is 8.05. The van der Waals surface area contributed by atoms with E-state index >= 15 is 0 Å². The fourth-order valence-electron chi connectivity index (χ4n) is 2.47. The Labute approximate surface area is 96.4 Å². The van der Waals surface area contributed by atoms with Gasteiger partial charge in [0.15, 0.2) is 5.82 Å². The number of nitrogens with zero attached hydrogens (tertiary/aromatic N) is 3. The van der Waals surface area contributed by atoms with Gasteiger partial charge in [0.1, 0.15) is 5.82 Å². The molecule has 4 nitrogen and oxygen atoms in total. The molecule has 2 saturated carbocycles. The SMILES string of the molecule is Cn1nc(C2CCCC2)nc1CNC1CC1. The van der Waals surface area contributed by atoms with Gasteiger partial charge in [-0.25, -0.2) is 4.98 Å². The standard InChI is InChI=1S/C12H20N4/c1-16-11(8-13-10-6-7-10)14-12(15-16)9-4-2-3-5-9/h9-10,13H,2-8H2,1H3. The van der Waals surface area contributed by atoms with Gasteiger partial charge in [-0.05, 0) is 25.7 Å². The van der Waals surface area contributed by atoms with Crippen LogP contribution in [0, 0.1) is 0 Å². The van der Waals surface area contributed by atoms with Crippen molar-refractivity contribution in [1.29, 1.82) is 0 Å². The normalized spacial score (nSPS) is 21.8. The minimum atomic E-state index is 0.626. The maximum Gasteiger partial charge on any atom is 0.154 e. The summed E-state index contributed by atoms with van der Waals surface area (Å²) in [7, 11) is 2.01. The van der Waals surface area contributed by atoms with Crippen LogP contribution in [0.1, 0.15) is 56.1 Å². The molecule has 0 radical (unpaired) electrons. The Morgan fingerprint density at radius 1 is 1.25 bits per heavy atom. The Morgan fingerprint density at radius 2 is 2.00 bits per heavy atom. The third-order valence-electron chi connectivity index (χ3n) is 3.72. The van der Waals surface area contributed by atoms with E-state index in [0.717, 1.165) is 24.2 Å². The quantitative estimate of drug-likeness (QED) is 0.840. The lowest BCUT2D eigenvalue weighted by Crippen LogP contribution is -2.18. The molecule has 0 amide bonds. The summed E-state index contributed by atoms with van der Waals surface area (Å²) in [5.41, 5.74) is 0. The lowest BCUT2D eigenvalue weighted by atomic mass is 10.1. The van der Waals surface area contributed by atoms with Crippen molar-refractivity contribution < 1.29 is 0 Å². The first kappa shape index (κ1) is 10.3. The van der Waals surface area contributed by atoms with E-state index in [1.807, 2.05) is 11.7 Å². The van der Waals surface area contributed by atoms with Crippen LogP contribution < -0.4 is 5.32 Å². The first-order chi connectivity index (χ1) is 7.83. The summed E-state index contributed by atoms with van der Waals surface area (Å²) in [4.78, 5) is 4.68. The second-order valence-electron chi connectivity index (χ2n) is 5.15. The highest BCUT2D eigenvalue weighted by atomic mass is 15.3. The lowest BCUT2D eigenvalue weighted by molar-refractivity contribution is 0.607. The summed E-state index contributed by atoms with van der Waals surface area (Å²) in [6.45, 7) is 0.876. The molecule has 0 aromatic carbocycles. The van der Waals surface area contributed by atoms with Crippen LogP contribution in [-0.4, -0.2) is 20.8 Å². The molecule has 88 valence electrons. The van der Waals surface area contributed by atoms with Gasteiger partial charge in [0.05, 0.1) is 6.54 Å². The van der Waals surface area contributed by atoms with Crippen molar-refractivity contribution >= 4 is 0 Å². The first-order valence-corrected chi connectivity index (χ1v) is 6.46. The zero-order chi connectivity index (χ0) is 11.0. The van der Waals surface area contributed by atoms with Crippen LogP contribution in [0.2, 0.25) is 0 Å². The Kier molecular flexibility index (Phi) is 2.67. The Morgan fingerprint density at radius 3 is 2.69 bits per heavy atom. The first-order valence-electron chi connectivity index (χ1n) is 6.46. The molecule has 2 fully saturated rings. The van der Waals surface area contributed by atoms with Crippen LogP contribution in [-0.2, 0) is 13.6 Å². The zero-order valence-corrected chi connectivity index (χ0v) is 9.95. The largest absolute Gasteiger partial charge is 0.307 e. The highest BCUT2D eigenvalue weighted by molar-refractivity contribution is 5.01. The van der Waals surface area contributed by atoms with Gasteiger partial charge >= 0.3 is 0 Å². The van der Waals surface area contributed by atoms with Crippen LogP contribution in [0.3, 0.4) is 0 Å². The summed E-state index contributed by atoms with van der Waals surface area (Å²) in [6.07, 6.45) is 7.90. The number of nitrogens with one attached hydrogen (secondary N) is 1. The van der Waals surface area contributed by atoms with Crippen molar-refractivity contribution in [3.63, 3.8) is 0 Å². The second kappa shape index (κ2) is 4.17. The zero-order valence-electron chi connectivity index (χ0n) is 9.95. The number of hydrogen-bond acceptors (Lipinski definition) is 3. The van der Waals surface area contributed by atoms with Gasteiger partial charge in [0.25, 0.3) is 0 Å². The van der Waals surface area contributed by atoms with Gasteiger partial charge in [-0.3, -0.25) is 4.68 Å². The third-order valence-corrected chi connectivity index (χ3v) is 3.72. The molecule has 1 aromatic rings. The van der Waals surface area contributed by atoms with E-state index in [1.165, 1.54) is 38.5 Å². The summed E-state index contributed by atoms with van der Waals surface area (Å²) in [6, 6.07) is 0.742. The van der Waals surface area contributed by atoms with Crippen LogP contribution in [0.25, 0.3) is 0 Å². The number of rotatable bonds is 4. The van der Waals surface area contributed by atoms with Crippen LogP contribution >= 0.6 is 0 Å². The molecule has 0 spiro atoms. The van der Waals surface area contributed by atoms with E-state index in [2.05, 4.69) is 15.4 Å². The van der Waals surface area contributed by atoms with E-state index in [4.69, 9.17) is 0 Å². The van der Waals surface area contributed by atoms with Crippen LogP contribution in [0.4, 0.5) is 0 Å². The topological polar surface area (TPSA) is 42.7 Å². The van der Waals surface area contributed by atoms with E-state index in [1.54, 1.807) is 0 Å². The number of hydrogen-bond donors (Lipinski definition) is 1. The molecule has 0 aliphatic heterocycles. The van der Waals surface area contributed by atoms with Crippen molar-refractivity contribution in [2.45, 2.75) is 57.0 Å².